The number of carbonyl (C=O) groups is 2. The van der Waals surface area contributed by atoms with E-state index in [2.05, 4.69) is 0 Å². The van der Waals surface area contributed by atoms with Crippen molar-refractivity contribution in [1.29, 1.82) is 0 Å². The summed E-state index contributed by atoms with van der Waals surface area (Å²) in [5.74, 6) is 0.458. The van der Waals surface area contributed by atoms with Crippen LogP contribution in [-0.2, 0) is 9.53 Å². The van der Waals surface area contributed by atoms with Crippen LogP contribution < -0.4 is 18.9 Å². The normalized spacial score (nSPS) is 10.9. The number of aromatic nitrogens is 1. The van der Waals surface area contributed by atoms with Gasteiger partial charge in [0.2, 0.25) is 0 Å². The second kappa shape index (κ2) is 10.4. The van der Waals surface area contributed by atoms with Crippen molar-refractivity contribution in [3.8, 4) is 45.3 Å². The van der Waals surface area contributed by atoms with Crippen LogP contribution in [-0.4, -0.2) is 51.7 Å². The molecule has 0 bridgehead atoms. The van der Waals surface area contributed by atoms with Crippen molar-refractivity contribution in [3.05, 3.63) is 78.6 Å². The smallest absolute Gasteiger partial charge is 0.381 e. The Labute approximate surface area is 225 Å². The average Bonchev–Trinajstić information content (AvgIpc) is 3.35. The summed E-state index contributed by atoms with van der Waals surface area (Å²) in [6.45, 7) is 0. The number of rotatable bonds is 8. The van der Waals surface area contributed by atoms with Gasteiger partial charge in [0, 0.05) is 22.7 Å². The number of fused-ring (bicyclic) bond motifs is 3. The Hall–Kier alpha value is -4.98. The van der Waals surface area contributed by atoms with Crippen LogP contribution >= 0.6 is 0 Å². The van der Waals surface area contributed by atoms with E-state index in [0.29, 0.717) is 34.1 Å². The molecule has 5 aromatic rings. The van der Waals surface area contributed by atoms with E-state index in [1.165, 1.54) is 7.11 Å². The molecule has 2 heterocycles. The zero-order valence-corrected chi connectivity index (χ0v) is 22.2. The minimum Gasteiger partial charge on any atom is -0.493 e. The van der Waals surface area contributed by atoms with E-state index in [1.807, 2.05) is 66.7 Å². The van der Waals surface area contributed by atoms with Gasteiger partial charge >= 0.3 is 5.97 Å². The molecular weight excluding hydrogens is 498 g/mol. The van der Waals surface area contributed by atoms with Gasteiger partial charge in [0.25, 0.3) is 5.78 Å². The van der Waals surface area contributed by atoms with Crippen molar-refractivity contribution < 1.29 is 33.3 Å². The third-order valence-corrected chi connectivity index (χ3v) is 6.74. The molecule has 5 rings (SSSR count). The van der Waals surface area contributed by atoms with E-state index in [1.54, 1.807) is 39.0 Å². The molecule has 0 saturated carbocycles. The fourth-order valence-corrected chi connectivity index (χ4v) is 4.97. The third-order valence-electron chi connectivity index (χ3n) is 6.74. The molecular formula is C31H27NO7. The molecule has 0 fully saturated rings. The monoisotopic (exact) mass is 525 g/mol. The maximum atomic E-state index is 13.6. The number of benzene rings is 3. The molecule has 0 atom stereocenters. The predicted octanol–water partition coefficient (Wildman–Crippen LogP) is 5.82. The van der Waals surface area contributed by atoms with E-state index in [-0.39, 0.29) is 5.69 Å². The van der Waals surface area contributed by atoms with Gasteiger partial charge in [-0.25, -0.2) is 4.79 Å². The number of methoxy groups -OCH3 is 5. The summed E-state index contributed by atoms with van der Waals surface area (Å²) < 4.78 is 28.8. The summed E-state index contributed by atoms with van der Waals surface area (Å²) in [6.07, 6.45) is 1.77. The molecule has 0 aliphatic heterocycles. The Morgan fingerprint density at radius 2 is 1.28 bits per heavy atom. The number of nitrogens with zero attached hydrogens (tertiary/aromatic N) is 1. The summed E-state index contributed by atoms with van der Waals surface area (Å²) in [5, 5.41) is 1.65. The number of ether oxygens (including phenoxy) is 5. The van der Waals surface area contributed by atoms with E-state index in [4.69, 9.17) is 23.7 Å². The summed E-state index contributed by atoms with van der Waals surface area (Å²) in [6, 6.07) is 20.6. The van der Waals surface area contributed by atoms with E-state index in [0.717, 1.165) is 27.5 Å². The molecule has 0 spiro atoms. The average molecular weight is 526 g/mol. The van der Waals surface area contributed by atoms with Gasteiger partial charge in [-0.15, -0.1) is 0 Å². The largest absolute Gasteiger partial charge is 0.493 e. The number of hydrogen-bond donors (Lipinski definition) is 0. The Balaban J connectivity index is 2.03. The Morgan fingerprint density at radius 3 is 1.92 bits per heavy atom. The Morgan fingerprint density at radius 1 is 0.641 bits per heavy atom. The molecule has 0 N–H and O–H groups in total. The van der Waals surface area contributed by atoms with Crippen molar-refractivity contribution in [2.75, 3.05) is 35.5 Å². The first-order valence-electron chi connectivity index (χ1n) is 12.1. The van der Waals surface area contributed by atoms with Crippen molar-refractivity contribution in [2.45, 2.75) is 0 Å². The highest BCUT2D eigenvalue weighted by Crippen LogP contribution is 2.46. The molecule has 198 valence electrons. The molecule has 3 aromatic carbocycles. The number of hydrogen-bond acceptors (Lipinski definition) is 7. The van der Waals surface area contributed by atoms with Crippen molar-refractivity contribution in [3.63, 3.8) is 0 Å². The zero-order chi connectivity index (χ0) is 27.7. The second-order valence-corrected chi connectivity index (χ2v) is 8.68. The quantitative estimate of drug-likeness (QED) is 0.143. The van der Waals surface area contributed by atoms with Crippen LogP contribution in [0.15, 0.2) is 72.9 Å². The maximum absolute atomic E-state index is 13.6. The third kappa shape index (κ3) is 4.20. The lowest BCUT2D eigenvalue weighted by Gasteiger charge is -2.13. The van der Waals surface area contributed by atoms with Crippen LogP contribution in [0.3, 0.4) is 0 Å². The molecule has 2 aromatic heterocycles. The van der Waals surface area contributed by atoms with Gasteiger partial charge in [0.15, 0.2) is 23.0 Å². The fourth-order valence-electron chi connectivity index (χ4n) is 4.97. The molecule has 0 saturated heterocycles. The van der Waals surface area contributed by atoms with Gasteiger partial charge in [-0.05, 0) is 46.8 Å². The highest BCUT2D eigenvalue weighted by Gasteiger charge is 2.31. The van der Waals surface area contributed by atoms with Crippen molar-refractivity contribution in [1.82, 2.24) is 4.40 Å². The van der Waals surface area contributed by atoms with Crippen molar-refractivity contribution >= 4 is 28.0 Å². The second-order valence-electron chi connectivity index (χ2n) is 8.68. The number of carbonyl (C=O) groups excluding carboxylic acids is 2. The number of Topliss-reactive ketones (excluding diaryl/α,β-unsaturated/α-hetero) is 1. The topological polar surface area (TPSA) is 84.7 Å². The highest BCUT2D eigenvalue weighted by molar-refractivity contribution is 6.42. The predicted molar refractivity (Wildman–Crippen MR) is 148 cm³/mol. The molecule has 0 unspecified atom stereocenters. The lowest BCUT2D eigenvalue weighted by Crippen LogP contribution is -2.18. The van der Waals surface area contributed by atoms with Gasteiger partial charge in [-0.1, -0.05) is 36.4 Å². The first-order valence-corrected chi connectivity index (χ1v) is 12.1. The van der Waals surface area contributed by atoms with Crippen LogP contribution in [0.25, 0.3) is 38.5 Å². The SMILES string of the molecule is COC(=O)C(=O)c1c(-c2ccccc2)c(-c2ccc(OC)c(OC)c2)c2c3cc(OC)c(OC)cc3ccn12. The van der Waals surface area contributed by atoms with Crippen LogP contribution in [0.2, 0.25) is 0 Å². The van der Waals surface area contributed by atoms with Crippen LogP contribution in [0, 0.1) is 0 Å². The van der Waals surface area contributed by atoms with E-state index >= 15 is 0 Å². The van der Waals surface area contributed by atoms with Crippen LogP contribution in [0.4, 0.5) is 0 Å². The van der Waals surface area contributed by atoms with E-state index in [9.17, 15) is 9.59 Å². The standard InChI is InChI=1S/C31H27NO7/c1-35-22-12-11-20(16-23(22)36-2)27-26(18-9-7-6-8-10-18)29(30(33)31(34)39-5)32-14-13-19-15-24(37-3)25(38-4)17-21(19)28(27)32/h6-17H,1-5H3. The molecule has 0 aliphatic carbocycles. The molecule has 8 heteroatoms. The summed E-state index contributed by atoms with van der Waals surface area (Å²) in [5.41, 5.74) is 3.71. The highest BCUT2D eigenvalue weighted by atomic mass is 16.5. The minimum absolute atomic E-state index is 0.185. The molecule has 0 amide bonds. The first kappa shape index (κ1) is 25.7. The number of pyridine rings is 1. The van der Waals surface area contributed by atoms with Crippen LogP contribution in [0.5, 0.6) is 23.0 Å². The fraction of sp³-hybridized carbons (Fsp3) is 0.161. The number of ketones is 1. The molecule has 0 aliphatic rings. The first-order chi connectivity index (χ1) is 19.0. The molecule has 0 radical (unpaired) electrons. The van der Waals surface area contributed by atoms with Crippen molar-refractivity contribution in [2.24, 2.45) is 0 Å². The Kier molecular flexibility index (Phi) is 6.85. The van der Waals surface area contributed by atoms with Gasteiger partial charge in [0.1, 0.15) is 5.69 Å². The van der Waals surface area contributed by atoms with Gasteiger partial charge in [-0.2, -0.15) is 0 Å². The van der Waals surface area contributed by atoms with Gasteiger partial charge < -0.3 is 28.1 Å². The summed E-state index contributed by atoms with van der Waals surface area (Å²) in [7, 11) is 7.48. The zero-order valence-electron chi connectivity index (χ0n) is 22.2. The summed E-state index contributed by atoms with van der Waals surface area (Å²) >= 11 is 0. The maximum Gasteiger partial charge on any atom is 0.381 e. The van der Waals surface area contributed by atoms with Crippen LogP contribution in [0.1, 0.15) is 10.5 Å². The van der Waals surface area contributed by atoms with Gasteiger partial charge in [0.05, 0.1) is 41.1 Å². The Bertz CT molecular complexity index is 1720. The lowest BCUT2D eigenvalue weighted by atomic mass is 9.93. The lowest BCUT2D eigenvalue weighted by molar-refractivity contribution is -0.135. The molecule has 39 heavy (non-hydrogen) atoms. The van der Waals surface area contributed by atoms with E-state index < -0.39 is 11.8 Å². The molecule has 8 nitrogen and oxygen atoms in total. The number of esters is 1. The van der Waals surface area contributed by atoms with Gasteiger partial charge in [-0.3, -0.25) is 4.79 Å². The minimum atomic E-state index is -0.960. The summed E-state index contributed by atoms with van der Waals surface area (Å²) in [4.78, 5) is 26.3.